The van der Waals surface area contributed by atoms with E-state index in [0.29, 0.717) is 28.4 Å². The summed E-state index contributed by atoms with van der Waals surface area (Å²) in [5.41, 5.74) is -1.14. The number of benzene rings is 2. The fourth-order valence-corrected chi connectivity index (χ4v) is 5.48. The van der Waals surface area contributed by atoms with Crippen molar-refractivity contribution in [3.8, 4) is 11.3 Å². The SMILES string of the molecule is CCn1cc(B2OC(C)(C)C(C)(C)O2)c(-c2cccc(N(COC)S(=O)(=O)c3cc(F)ccc3F)c2F)n1. The zero-order valence-electron chi connectivity index (χ0n) is 22.0. The summed E-state index contributed by atoms with van der Waals surface area (Å²) < 4.78 is 90.7. The Balaban J connectivity index is 1.85. The molecule has 4 rings (SSSR count). The van der Waals surface area contributed by atoms with Gasteiger partial charge in [-0.1, -0.05) is 6.07 Å². The molecule has 13 heteroatoms. The molecular weight excluding hydrogens is 522 g/mol. The van der Waals surface area contributed by atoms with Gasteiger partial charge in [-0.3, -0.25) is 4.68 Å². The van der Waals surface area contributed by atoms with E-state index in [9.17, 15) is 17.2 Å². The maximum absolute atomic E-state index is 16.2. The Labute approximate surface area is 220 Å². The van der Waals surface area contributed by atoms with Crippen LogP contribution in [0.4, 0.5) is 18.9 Å². The standard InChI is InChI=1S/C25H29BF3N3O5S/c1-7-31-14-18(26-36-24(2,3)25(4,5)37-26)23(30-31)17-9-8-10-20(22(17)29)32(15-35-6)38(33,34)21-13-16(27)11-12-19(21)28/h8-14H,7,15H2,1-6H3. The van der Waals surface area contributed by atoms with E-state index < -0.39 is 63.1 Å². The number of nitrogens with zero attached hydrogens (tertiary/aromatic N) is 3. The fraction of sp³-hybridized carbons (Fsp3) is 0.400. The van der Waals surface area contributed by atoms with Gasteiger partial charge in [-0.25, -0.2) is 25.9 Å². The molecule has 3 aromatic rings. The fourth-order valence-electron chi connectivity index (χ4n) is 4.03. The van der Waals surface area contributed by atoms with Crippen LogP contribution in [0.5, 0.6) is 0 Å². The van der Waals surface area contributed by atoms with E-state index in [-0.39, 0.29) is 11.3 Å². The summed E-state index contributed by atoms with van der Waals surface area (Å²) in [5, 5.41) is 4.50. The average molecular weight is 551 g/mol. The van der Waals surface area contributed by atoms with Crippen molar-refractivity contribution in [2.45, 2.75) is 57.3 Å². The lowest BCUT2D eigenvalue weighted by Gasteiger charge is -2.32. The third kappa shape index (κ3) is 4.83. The van der Waals surface area contributed by atoms with Crippen LogP contribution in [-0.2, 0) is 30.6 Å². The van der Waals surface area contributed by atoms with Gasteiger partial charge >= 0.3 is 7.12 Å². The number of hydrogen-bond donors (Lipinski definition) is 0. The summed E-state index contributed by atoms with van der Waals surface area (Å²) in [6.45, 7) is 9.21. The molecule has 0 unspecified atom stereocenters. The first-order valence-electron chi connectivity index (χ1n) is 11.9. The summed E-state index contributed by atoms with van der Waals surface area (Å²) >= 11 is 0. The van der Waals surface area contributed by atoms with E-state index in [0.717, 1.165) is 6.07 Å². The highest BCUT2D eigenvalue weighted by Gasteiger charge is 2.53. The number of aryl methyl sites for hydroxylation is 1. The number of hydrogen-bond acceptors (Lipinski definition) is 6. The van der Waals surface area contributed by atoms with Crippen LogP contribution in [0.25, 0.3) is 11.3 Å². The maximum Gasteiger partial charge on any atom is 0.498 e. The van der Waals surface area contributed by atoms with Gasteiger partial charge in [0.1, 0.15) is 23.3 Å². The largest absolute Gasteiger partial charge is 0.498 e. The van der Waals surface area contributed by atoms with Gasteiger partial charge in [-0.15, -0.1) is 0 Å². The van der Waals surface area contributed by atoms with Crippen molar-refractivity contribution in [3.63, 3.8) is 0 Å². The number of ether oxygens (including phenoxy) is 1. The summed E-state index contributed by atoms with van der Waals surface area (Å²) in [6, 6.07) is 6.10. The first-order chi connectivity index (χ1) is 17.7. The van der Waals surface area contributed by atoms with Crippen molar-refractivity contribution in [1.29, 1.82) is 0 Å². The van der Waals surface area contributed by atoms with E-state index in [1.165, 1.54) is 25.3 Å². The second-order valence-electron chi connectivity index (χ2n) is 9.86. The van der Waals surface area contributed by atoms with Gasteiger partial charge in [0.05, 0.1) is 22.6 Å². The number of aromatic nitrogens is 2. The molecule has 2 heterocycles. The van der Waals surface area contributed by atoms with Crippen LogP contribution in [0.1, 0.15) is 34.6 Å². The normalized spacial score (nSPS) is 16.7. The highest BCUT2D eigenvalue weighted by molar-refractivity contribution is 7.92. The molecule has 0 amide bonds. The Morgan fingerprint density at radius 3 is 2.34 bits per heavy atom. The third-order valence-corrected chi connectivity index (χ3v) is 8.58. The van der Waals surface area contributed by atoms with Gasteiger partial charge in [-0.05, 0) is 65.0 Å². The van der Waals surface area contributed by atoms with E-state index in [2.05, 4.69) is 5.10 Å². The van der Waals surface area contributed by atoms with Gasteiger partial charge in [-0.2, -0.15) is 5.10 Å². The Hall–Kier alpha value is -2.87. The molecule has 1 aliphatic rings. The maximum atomic E-state index is 16.2. The zero-order chi connectivity index (χ0) is 28.0. The zero-order valence-corrected chi connectivity index (χ0v) is 22.8. The summed E-state index contributed by atoms with van der Waals surface area (Å²) in [6.07, 6.45) is 1.69. The molecule has 204 valence electrons. The third-order valence-electron chi connectivity index (χ3n) is 6.83. The molecule has 1 aromatic heterocycles. The van der Waals surface area contributed by atoms with Crippen molar-refractivity contribution in [2.24, 2.45) is 0 Å². The van der Waals surface area contributed by atoms with Gasteiger partial charge in [0.2, 0.25) is 0 Å². The minimum absolute atomic E-state index is 0.0320. The minimum Gasteiger partial charge on any atom is -0.399 e. The van der Waals surface area contributed by atoms with Crippen molar-refractivity contribution in [1.82, 2.24) is 9.78 Å². The Morgan fingerprint density at radius 1 is 1.08 bits per heavy atom. The second-order valence-corrected chi connectivity index (χ2v) is 11.7. The number of halogens is 3. The summed E-state index contributed by atoms with van der Waals surface area (Å²) in [7, 11) is -4.43. The highest BCUT2D eigenvalue weighted by Crippen LogP contribution is 2.38. The molecule has 1 saturated heterocycles. The predicted molar refractivity (Wildman–Crippen MR) is 137 cm³/mol. The van der Waals surface area contributed by atoms with Crippen LogP contribution in [0, 0.1) is 17.5 Å². The molecule has 1 fully saturated rings. The predicted octanol–water partition coefficient (Wildman–Crippen LogP) is 4.09. The molecule has 8 nitrogen and oxygen atoms in total. The topological polar surface area (TPSA) is 82.9 Å². The van der Waals surface area contributed by atoms with Crippen molar-refractivity contribution < 1.29 is 35.6 Å². The minimum atomic E-state index is -4.77. The quantitative estimate of drug-likeness (QED) is 0.310. The number of rotatable bonds is 8. The van der Waals surface area contributed by atoms with Gasteiger partial charge in [0, 0.05) is 30.9 Å². The van der Waals surface area contributed by atoms with E-state index in [1.54, 1.807) is 10.9 Å². The molecular formula is C25H29BF3N3O5S. The van der Waals surface area contributed by atoms with Crippen LogP contribution in [-0.4, -0.2) is 50.4 Å². The molecule has 0 aliphatic carbocycles. The lowest BCUT2D eigenvalue weighted by Crippen LogP contribution is -2.41. The van der Waals surface area contributed by atoms with Gasteiger partial charge < -0.3 is 14.0 Å². The lowest BCUT2D eigenvalue weighted by atomic mass is 9.78. The molecule has 0 atom stereocenters. The van der Waals surface area contributed by atoms with Gasteiger partial charge in [0.15, 0.2) is 5.82 Å². The molecule has 0 saturated carbocycles. The number of sulfonamides is 1. The Kier molecular flexibility index (Phi) is 7.43. The molecule has 0 radical (unpaired) electrons. The van der Waals surface area contributed by atoms with Crippen LogP contribution in [0.3, 0.4) is 0 Å². The Morgan fingerprint density at radius 2 is 1.74 bits per heavy atom. The first-order valence-corrected chi connectivity index (χ1v) is 13.4. The van der Waals surface area contributed by atoms with Crippen molar-refractivity contribution in [2.75, 3.05) is 18.1 Å². The van der Waals surface area contributed by atoms with Crippen LogP contribution in [0.2, 0.25) is 0 Å². The van der Waals surface area contributed by atoms with Crippen molar-refractivity contribution in [3.05, 3.63) is 60.0 Å². The number of anilines is 1. The number of methoxy groups -OCH3 is 1. The smallest absolute Gasteiger partial charge is 0.399 e. The van der Waals surface area contributed by atoms with E-state index in [1.807, 2.05) is 34.6 Å². The van der Waals surface area contributed by atoms with Crippen LogP contribution >= 0.6 is 0 Å². The van der Waals surface area contributed by atoms with E-state index >= 15 is 4.39 Å². The van der Waals surface area contributed by atoms with Crippen LogP contribution in [0.15, 0.2) is 47.5 Å². The summed E-state index contributed by atoms with van der Waals surface area (Å²) in [4.78, 5) is -0.951. The Bertz CT molecular complexity index is 1450. The van der Waals surface area contributed by atoms with E-state index in [4.69, 9.17) is 14.0 Å². The lowest BCUT2D eigenvalue weighted by molar-refractivity contribution is 0.00578. The molecule has 2 aromatic carbocycles. The molecule has 0 spiro atoms. The van der Waals surface area contributed by atoms with Crippen LogP contribution < -0.4 is 9.77 Å². The van der Waals surface area contributed by atoms with Crippen molar-refractivity contribution >= 4 is 28.3 Å². The molecule has 0 bridgehead atoms. The highest BCUT2D eigenvalue weighted by atomic mass is 32.2. The van der Waals surface area contributed by atoms with Gasteiger partial charge in [0.25, 0.3) is 10.0 Å². The summed E-state index contributed by atoms with van der Waals surface area (Å²) in [5.74, 6) is -3.11. The molecule has 38 heavy (non-hydrogen) atoms. The second kappa shape index (κ2) is 10.0. The molecule has 0 N–H and O–H groups in total. The average Bonchev–Trinajstić information content (AvgIpc) is 3.36. The monoisotopic (exact) mass is 551 g/mol. The molecule has 1 aliphatic heterocycles. The first kappa shape index (κ1) is 28.2.